The van der Waals surface area contributed by atoms with Crippen molar-refractivity contribution in [1.29, 1.82) is 0 Å². The van der Waals surface area contributed by atoms with E-state index in [1.54, 1.807) is 49.6 Å². The Balaban J connectivity index is 1.90. The number of halogens is 1. The van der Waals surface area contributed by atoms with Gasteiger partial charge in [-0.2, -0.15) is 0 Å². The van der Waals surface area contributed by atoms with E-state index in [4.69, 9.17) is 16.3 Å². The minimum absolute atomic E-state index is 0.0664. The van der Waals surface area contributed by atoms with Gasteiger partial charge in [-0.05, 0) is 42.5 Å². The van der Waals surface area contributed by atoms with Crippen LogP contribution in [0.5, 0.6) is 5.75 Å². The first-order valence-electron chi connectivity index (χ1n) is 7.37. The first-order valence-corrected chi connectivity index (χ1v) is 7.75. The zero-order chi connectivity index (χ0) is 17.8. The molecule has 0 saturated heterocycles. The number of benzene rings is 2. The summed E-state index contributed by atoms with van der Waals surface area (Å²) in [5, 5.41) is 2.95. The standard InChI is InChI=1S/C18H14ClN3O3/c1-25-15-7-5-14(6-8-15)22-10-9-20-16(18(22)24)21-17(23)12-3-2-4-13(19)11-12/h2-11H,1H3,(H,20,21,23). The van der Waals surface area contributed by atoms with Gasteiger partial charge in [0.25, 0.3) is 11.5 Å². The first-order chi connectivity index (χ1) is 12.1. The van der Waals surface area contributed by atoms with Crippen LogP contribution in [0.3, 0.4) is 0 Å². The molecule has 3 rings (SSSR count). The van der Waals surface area contributed by atoms with Crippen molar-refractivity contribution in [1.82, 2.24) is 9.55 Å². The van der Waals surface area contributed by atoms with Crippen molar-refractivity contribution in [3.05, 3.63) is 81.9 Å². The molecular formula is C18H14ClN3O3. The highest BCUT2D eigenvalue weighted by Crippen LogP contribution is 2.14. The number of methoxy groups -OCH3 is 1. The fourth-order valence-corrected chi connectivity index (χ4v) is 2.44. The summed E-state index contributed by atoms with van der Waals surface area (Å²) in [4.78, 5) is 28.8. The fourth-order valence-electron chi connectivity index (χ4n) is 2.25. The Morgan fingerprint density at radius 1 is 1.20 bits per heavy atom. The highest BCUT2D eigenvalue weighted by molar-refractivity contribution is 6.31. The predicted octanol–water partition coefficient (Wildman–Crippen LogP) is 3.15. The maximum Gasteiger partial charge on any atom is 0.298 e. The van der Waals surface area contributed by atoms with Gasteiger partial charge >= 0.3 is 0 Å². The molecule has 0 spiro atoms. The predicted molar refractivity (Wildman–Crippen MR) is 95.8 cm³/mol. The van der Waals surface area contributed by atoms with Crippen molar-refractivity contribution in [2.24, 2.45) is 0 Å². The lowest BCUT2D eigenvalue weighted by atomic mass is 10.2. The van der Waals surface area contributed by atoms with Crippen molar-refractivity contribution < 1.29 is 9.53 Å². The Bertz CT molecular complexity index is 968. The molecule has 0 fully saturated rings. The SMILES string of the molecule is COc1ccc(-n2ccnc(NC(=O)c3cccc(Cl)c3)c2=O)cc1. The normalized spacial score (nSPS) is 10.3. The van der Waals surface area contributed by atoms with Gasteiger partial charge in [-0.15, -0.1) is 0 Å². The van der Waals surface area contributed by atoms with Crippen LogP contribution in [0.1, 0.15) is 10.4 Å². The molecule has 6 nitrogen and oxygen atoms in total. The van der Waals surface area contributed by atoms with Crippen LogP contribution in [0.25, 0.3) is 5.69 Å². The summed E-state index contributed by atoms with van der Waals surface area (Å²) in [5.74, 6) is 0.156. The van der Waals surface area contributed by atoms with E-state index in [1.165, 1.54) is 23.0 Å². The van der Waals surface area contributed by atoms with Gasteiger partial charge < -0.3 is 10.1 Å². The topological polar surface area (TPSA) is 73.2 Å². The number of ether oxygens (including phenoxy) is 1. The third-order valence-corrected chi connectivity index (χ3v) is 3.75. The van der Waals surface area contributed by atoms with Gasteiger partial charge in [0.1, 0.15) is 5.75 Å². The summed E-state index contributed by atoms with van der Waals surface area (Å²) in [7, 11) is 1.57. The van der Waals surface area contributed by atoms with Gasteiger partial charge in [-0.3, -0.25) is 14.2 Å². The van der Waals surface area contributed by atoms with E-state index >= 15 is 0 Å². The molecule has 0 radical (unpaired) electrons. The van der Waals surface area contributed by atoms with E-state index in [2.05, 4.69) is 10.3 Å². The number of hydrogen-bond donors (Lipinski definition) is 1. The Hall–Kier alpha value is -3.12. The van der Waals surface area contributed by atoms with Gasteiger partial charge in [-0.1, -0.05) is 17.7 Å². The monoisotopic (exact) mass is 355 g/mol. The van der Waals surface area contributed by atoms with Gasteiger partial charge in [0.2, 0.25) is 0 Å². The number of amides is 1. The van der Waals surface area contributed by atoms with E-state index < -0.39 is 11.5 Å². The highest BCUT2D eigenvalue weighted by atomic mass is 35.5. The smallest absolute Gasteiger partial charge is 0.298 e. The molecule has 0 atom stereocenters. The molecule has 2 aromatic carbocycles. The summed E-state index contributed by atoms with van der Waals surface area (Å²) >= 11 is 5.88. The number of anilines is 1. The molecule has 1 N–H and O–H groups in total. The number of carbonyl (C=O) groups is 1. The number of hydrogen-bond acceptors (Lipinski definition) is 4. The molecule has 0 aliphatic carbocycles. The average Bonchev–Trinajstić information content (AvgIpc) is 2.63. The molecular weight excluding hydrogens is 342 g/mol. The van der Waals surface area contributed by atoms with Crippen LogP contribution in [0, 0.1) is 0 Å². The van der Waals surface area contributed by atoms with E-state index in [-0.39, 0.29) is 5.82 Å². The van der Waals surface area contributed by atoms with Crippen molar-refractivity contribution in [3.8, 4) is 11.4 Å². The van der Waals surface area contributed by atoms with Gasteiger partial charge in [0.05, 0.1) is 7.11 Å². The molecule has 0 aliphatic rings. The van der Waals surface area contributed by atoms with Crippen LogP contribution in [-0.2, 0) is 0 Å². The molecule has 3 aromatic rings. The summed E-state index contributed by atoms with van der Waals surface area (Å²) in [6.45, 7) is 0. The van der Waals surface area contributed by atoms with E-state index in [9.17, 15) is 9.59 Å². The van der Waals surface area contributed by atoms with Crippen LogP contribution >= 0.6 is 11.6 Å². The minimum atomic E-state index is -0.459. The molecule has 126 valence electrons. The average molecular weight is 356 g/mol. The number of aromatic nitrogens is 2. The second-order valence-corrected chi connectivity index (χ2v) is 5.55. The number of rotatable bonds is 4. The maximum atomic E-state index is 12.6. The molecule has 0 unspecified atom stereocenters. The Morgan fingerprint density at radius 3 is 2.64 bits per heavy atom. The molecule has 0 aliphatic heterocycles. The summed E-state index contributed by atoms with van der Waals surface area (Å²) < 4.78 is 6.49. The van der Waals surface area contributed by atoms with Crippen LogP contribution in [0.15, 0.2) is 65.7 Å². The van der Waals surface area contributed by atoms with Crippen LogP contribution in [-0.4, -0.2) is 22.6 Å². The molecule has 1 heterocycles. The quantitative estimate of drug-likeness (QED) is 0.780. The molecule has 1 amide bonds. The number of carbonyl (C=O) groups excluding carboxylic acids is 1. The zero-order valence-corrected chi connectivity index (χ0v) is 14.0. The lowest BCUT2D eigenvalue weighted by Gasteiger charge is -2.09. The number of nitrogens with zero attached hydrogens (tertiary/aromatic N) is 2. The van der Waals surface area contributed by atoms with Gasteiger partial charge in [0, 0.05) is 28.7 Å². The fraction of sp³-hybridized carbons (Fsp3) is 0.0556. The second kappa shape index (κ2) is 7.19. The van der Waals surface area contributed by atoms with Crippen molar-refractivity contribution in [2.75, 3.05) is 12.4 Å². The third-order valence-electron chi connectivity index (χ3n) is 3.51. The van der Waals surface area contributed by atoms with E-state index in [0.717, 1.165) is 0 Å². The van der Waals surface area contributed by atoms with Crippen LogP contribution in [0.4, 0.5) is 5.82 Å². The van der Waals surface area contributed by atoms with E-state index in [0.29, 0.717) is 22.0 Å². The zero-order valence-electron chi connectivity index (χ0n) is 13.3. The van der Waals surface area contributed by atoms with Crippen LogP contribution in [0.2, 0.25) is 5.02 Å². The first kappa shape index (κ1) is 16.7. The number of nitrogens with one attached hydrogen (secondary N) is 1. The van der Waals surface area contributed by atoms with Gasteiger partial charge in [0.15, 0.2) is 5.82 Å². The van der Waals surface area contributed by atoms with Crippen molar-refractivity contribution in [3.63, 3.8) is 0 Å². The summed E-state index contributed by atoms with van der Waals surface area (Å²) in [5.41, 5.74) is 0.531. The molecule has 25 heavy (non-hydrogen) atoms. The van der Waals surface area contributed by atoms with Crippen molar-refractivity contribution in [2.45, 2.75) is 0 Å². The lowest BCUT2D eigenvalue weighted by molar-refractivity contribution is 0.102. The minimum Gasteiger partial charge on any atom is -0.497 e. The molecule has 1 aromatic heterocycles. The molecule has 0 saturated carbocycles. The lowest BCUT2D eigenvalue weighted by Crippen LogP contribution is -2.26. The molecule has 0 bridgehead atoms. The Kier molecular flexibility index (Phi) is 4.81. The Morgan fingerprint density at radius 2 is 1.96 bits per heavy atom. The molecule has 7 heteroatoms. The largest absolute Gasteiger partial charge is 0.497 e. The second-order valence-electron chi connectivity index (χ2n) is 5.11. The van der Waals surface area contributed by atoms with E-state index in [1.807, 2.05) is 0 Å². The highest BCUT2D eigenvalue weighted by Gasteiger charge is 2.12. The van der Waals surface area contributed by atoms with Gasteiger partial charge in [-0.25, -0.2) is 4.98 Å². The maximum absolute atomic E-state index is 12.6. The third kappa shape index (κ3) is 3.70. The van der Waals surface area contributed by atoms with Crippen LogP contribution < -0.4 is 15.6 Å². The van der Waals surface area contributed by atoms with Crippen molar-refractivity contribution >= 4 is 23.3 Å². The Labute approximate surface area is 148 Å². The summed E-state index contributed by atoms with van der Waals surface area (Å²) in [6.07, 6.45) is 2.97. The summed E-state index contributed by atoms with van der Waals surface area (Å²) in [6, 6.07) is 13.4.